The number of hydrogen-bond acceptors (Lipinski definition) is 5. The molecular weight excluding hydrogens is 347 g/mol. The summed E-state index contributed by atoms with van der Waals surface area (Å²) in [6.45, 7) is 7.29. The summed E-state index contributed by atoms with van der Waals surface area (Å²) in [7, 11) is 1.51. The molecule has 1 aromatic carbocycles. The summed E-state index contributed by atoms with van der Waals surface area (Å²) >= 11 is 0. The van der Waals surface area contributed by atoms with Crippen LogP contribution in [-0.4, -0.2) is 29.2 Å². The van der Waals surface area contributed by atoms with E-state index in [0.29, 0.717) is 11.4 Å². The summed E-state index contributed by atoms with van der Waals surface area (Å²) in [5.41, 5.74) is -0.403. The summed E-state index contributed by atoms with van der Waals surface area (Å²) in [5.74, 6) is 0.361. The van der Waals surface area contributed by atoms with Gasteiger partial charge in [-0.2, -0.15) is 18.2 Å². The van der Waals surface area contributed by atoms with Crippen LogP contribution >= 0.6 is 0 Å². The Kier molecular flexibility index (Phi) is 5.94. The molecule has 2 rings (SSSR count). The molecule has 0 spiro atoms. The zero-order valence-corrected chi connectivity index (χ0v) is 15.3. The van der Waals surface area contributed by atoms with E-state index in [-0.39, 0.29) is 24.0 Å². The van der Waals surface area contributed by atoms with E-state index in [0.717, 1.165) is 6.20 Å². The third kappa shape index (κ3) is 5.00. The molecule has 2 aromatic rings. The quantitative estimate of drug-likeness (QED) is 0.729. The van der Waals surface area contributed by atoms with Crippen molar-refractivity contribution in [1.82, 2.24) is 9.97 Å². The number of benzene rings is 1. The van der Waals surface area contributed by atoms with Crippen LogP contribution in [0.3, 0.4) is 0 Å². The molecule has 0 radical (unpaired) electrons. The van der Waals surface area contributed by atoms with Crippen LogP contribution in [0, 0.1) is 0 Å². The van der Waals surface area contributed by atoms with Crippen molar-refractivity contribution in [3.8, 4) is 11.8 Å². The largest absolute Gasteiger partial charge is 0.491 e. The Morgan fingerprint density at radius 2 is 1.54 bits per heavy atom. The van der Waals surface area contributed by atoms with Crippen LogP contribution in [0.15, 0.2) is 30.5 Å². The zero-order chi connectivity index (χ0) is 19.5. The van der Waals surface area contributed by atoms with Gasteiger partial charge in [0.15, 0.2) is 5.82 Å². The minimum Gasteiger partial charge on any atom is -0.491 e. The minimum absolute atomic E-state index is 0.00742. The predicted molar refractivity (Wildman–Crippen MR) is 93.1 cm³/mol. The lowest BCUT2D eigenvalue weighted by molar-refractivity contribution is -0.137. The molecule has 0 N–H and O–H groups in total. The minimum atomic E-state index is -4.58. The van der Waals surface area contributed by atoms with E-state index in [1.54, 1.807) is 38.1 Å². The van der Waals surface area contributed by atoms with Crippen molar-refractivity contribution in [3.63, 3.8) is 0 Å². The van der Waals surface area contributed by atoms with E-state index < -0.39 is 11.7 Å². The van der Waals surface area contributed by atoms with Crippen LogP contribution in [0.25, 0.3) is 0 Å². The van der Waals surface area contributed by atoms with Gasteiger partial charge in [-0.15, -0.1) is 0 Å². The predicted octanol–water partition coefficient (Wildman–Crippen LogP) is 4.84. The molecule has 0 fully saturated rings. The molecule has 5 nitrogen and oxygen atoms in total. The first kappa shape index (κ1) is 19.8. The van der Waals surface area contributed by atoms with Gasteiger partial charge < -0.3 is 14.4 Å². The lowest BCUT2D eigenvalue weighted by Gasteiger charge is -2.23. The van der Waals surface area contributed by atoms with Crippen molar-refractivity contribution in [3.05, 3.63) is 36.0 Å². The number of ether oxygens (including phenoxy) is 2. The fourth-order valence-electron chi connectivity index (χ4n) is 2.22. The lowest BCUT2D eigenvalue weighted by atomic mass is 10.2. The van der Waals surface area contributed by atoms with E-state index in [1.807, 2.05) is 13.8 Å². The summed E-state index contributed by atoms with van der Waals surface area (Å²) in [5, 5.41) is 0. The molecule has 8 heteroatoms. The highest BCUT2D eigenvalue weighted by Gasteiger charge is 2.36. The molecular formula is C18H22F3N3O2. The third-order valence-electron chi connectivity index (χ3n) is 3.31. The van der Waals surface area contributed by atoms with Gasteiger partial charge in [-0.05, 0) is 52.0 Å². The highest BCUT2D eigenvalue weighted by atomic mass is 19.4. The van der Waals surface area contributed by atoms with Gasteiger partial charge in [-0.3, -0.25) is 0 Å². The number of aromatic nitrogens is 2. The van der Waals surface area contributed by atoms with Crippen molar-refractivity contribution in [2.24, 2.45) is 0 Å². The second-order valence-electron chi connectivity index (χ2n) is 6.27. The van der Waals surface area contributed by atoms with Crippen molar-refractivity contribution < 1.29 is 22.6 Å². The van der Waals surface area contributed by atoms with Crippen molar-refractivity contribution >= 4 is 11.5 Å². The summed E-state index contributed by atoms with van der Waals surface area (Å²) in [4.78, 5) is 8.98. The maximum atomic E-state index is 13.4. The van der Waals surface area contributed by atoms with E-state index in [9.17, 15) is 13.2 Å². The van der Waals surface area contributed by atoms with Gasteiger partial charge in [0.1, 0.15) is 11.3 Å². The van der Waals surface area contributed by atoms with E-state index in [4.69, 9.17) is 9.47 Å². The van der Waals surface area contributed by atoms with Crippen LogP contribution in [0.2, 0.25) is 0 Å². The number of alkyl halides is 3. The number of hydrogen-bond donors (Lipinski definition) is 0. The molecule has 0 saturated heterocycles. The lowest BCUT2D eigenvalue weighted by Crippen LogP contribution is -2.20. The van der Waals surface area contributed by atoms with Gasteiger partial charge in [-0.25, -0.2) is 4.98 Å². The van der Waals surface area contributed by atoms with E-state index >= 15 is 0 Å². The Morgan fingerprint density at radius 3 is 2.04 bits per heavy atom. The first-order valence-electron chi connectivity index (χ1n) is 8.19. The molecule has 26 heavy (non-hydrogen) atoms. The topological polar surface area (TPSA) is 47.5 Å². The molecule has 0 unspecified atom stereocenters. The Balaban J connectivity index is 2.40. The standard InChI is InChI=1S/C18H22F3N3O2/c1-11(2)25-14-8-6-13(7-9-14)24(5)16-15(18(19,20)21)10-22-17(23-16)26-12(3)4/h6-12H,1-5H3. The summed E-state index contributed by atoms with van der Waals surface area (Å²) < 4.78 is 51.0. The fourth-order valence-corrected chi connectivity index (χ4v) is 2.22. The van der Waals surface area contributed by atoms with Gasteiger partial charge in [0, 0.05) is 18.9 Å². The molecule has 0 bridgehead atoms. The normalized spacial score (nSPS) is 11.8. The van der Waals surface area contributed by atoms with Gasteiger partial charge in [0.2, 0.25) is 0 Å². The maximum Gasteiger partial charge on any atom is 0.421 e. The van der Waals surface area contributed by atoms with Crippen molar-refractivity contribution in [2.45, 2.75) is 46.1 Å². The molecule has 0 saturated carbocycles. The Labute approximate surface area is 150 Å². The first-order chi connectivity index (χ1) is 12.1. The molecule has 0 aliphatic rings. The monoisotopic (exact) mass is 369 g/mol. The molecule has 1 aromatic heterocycles. The summed E-state index contributed by atoms with van der Waals surface area (Å²) in [6, 6.07) is 6.64. The Bertz CT molecular complexity index is 731. The molecule has 0 aliphatic carbocycles. The molecule has 1 heterocycles. The van der Waals surface area contributed by atoms with Crippen molar-refractivity contribution in [1.29, 1.82) is 0 Å². The average Bonchev–Trinajstić information content (AvgIpc) is 2.52. The first-order valence-corrected chi connectivity index (χ1v) is 8.19. The Morgan fingerprint density at radius 1 is 0.962 bits per heavy atom. The van der Waals surface area contributed by atoms with Gasteiger partial charge >= 0.3 is 12.2 Å². The van der Waals surface area contributed by atoms with Gasteiger partial charge in [0.25, 0.3) is 0 Å². The number of rotatable bonds is 6. The molecule has 0 atom stereocenters. The third-order valence-corrected chi connectivity index (χ3v) is 3.31. The highest BCUT2D eigenvalue weighted by molar-refractivity contribution is 5.63. The molecule has 142 valence electrons. The average molecular weight is 369 g/mol. The number of halogens is 3. The second-order valence-corrected chi connectivity index (χ2v) is 6.27. The van der Waals surface area contributed by atoms with E-state index in [1.165, 1.54) is 11.9 Å². The van der Waals surface area contributed by atoms with Gasteiger partial charge in [0.05, 0.1) is 12.2 Å². The SMILES string of the molecule is CC(C)Oc1ccc(N(C)c2nc(OC(C)C)ncc2C(F)(F)F)cc1. The number of anilines is 2. The smallest absolute Gasteiger partial charge is 0.421 e. The fraction of sp³-hybridized carbons (Fsp3) is 0.444. The maximum absolute atomic E-state index is 13.4. The van der Waals surface area contributed by atoms with Gasteiger partial charge in [-0.1, -0.05) is 0 Å². The zero-order valence-electron chi connectivity index (χ0n) is 15.3. The Hall–Kier alpha value is -2.51. The van der Waals surface area contributed by atoms with Crippen LogP contribution in [-0.2, 0) is 6.18 Å². The molecule has 0 aliphatic heterocycles. The van der Waals surface area contributed by atoms with Crippen molar-refractivity contribution in [2.75, 3.05) is 11.9 Å². The second kappa shape index (κ2) is 7.80. The van der Waals surface area contributed by atoms with E-state index in [2.05, 4.69) is 9.97 Å². The van der Waals surface area contributed by atoms with Crippen LogP contribution in [0.4, 0.5) is 24.7 Å². The number of nitrogens with zero attached hydrogens (tertiary/aromatic N) is 3. The van der Waals surface area contributed by atoms with Crippen LogP contribution < -0.4 is 14.4 Å². The van der Waals surface area contributed by atoms with Crippen LogP contribution in [0.1, 0.15) is 33.3 Å². The molecule has 0 amide bonds. The highest BCUT2D eigenvalue weighted by Crippen LogP contribution is 2.38. The van der Waals surface area contributed by atoms with Crippen LogP contribution in [0.5, 0.6) is 11.8 Å². The summed E-state index contributed by atoms with van der Waals surface area (Å²) in [6.07, 6.45) is -4.08.